The van der Waals surface area contributed by atoms with Gasteiger partial charge >= 0.3 is 11.9 Å². The number of hydrogen-bond acceptors (Lipinski definition) is 5. The average Bonchev–Trinajstić information content (AvgIpc) is 2.79. The molecule has 0 amide bonds. The van der Waals surface area contributed by atoms with Gasteiger partial charge in [0, 0.05) is 16.7 Å². The lowest BCUT2D eigenvalue weighted by Crippen LogP contribution is -2.11. The Hall–Kier alpha value is -2.27. The van der Waals surface area contributed by atoms with E-state index in [1.807, 2.05) is 0 Å². The fraction of sp³-hybridized carbons (Fsp3) is 0.200. The predicted molar refractivity (Wildman–Crippen MR) is 76.2 cm³/mol. The highest BCUT2D eigenvalue weighted by Crippen LogP contribution is 2.21. The van der Waals surface area contributed by atoms with Crippen molar-refractivity contribution in [2.24, 2.45) is 0 Å². The van der Waals surface area contributed by atoms with Crippen LogP contribution in [0.5, 0.6) is 0 Å². The molecule has 1 aromatic carbocycles. The maximum Gasteiger partial charge on any atom is 0.341 e. The minimum absolute atomic E-state index is 0.197. The number of methoxy groups -OCH3 is 1. The zero-order valence-electron chi connectivity index (χ0n) is 11.5. The molecule has 0 fully saturated rings. The van der Waals surface area contributed by atoms with Crippen LogP contribution >= 0.6 is 11.6 Å². The van der Waals surface area contributed by atoms with Gasteiger partial charge in [-0.05, 0) is 24.6 Å². The van der Waals surface area contributed by atoms with Crippen LogP contribution in [-0.2, 0) is 23.8 Å². The number of hydrogen-bond donors (Lipinski definition) is 0. The molecule has 0 N–H and O–H groups in total. The van der Waals surface area contributed by atoms with Crippen molar-refractivity contribution in [1.82, 2.24) is 0 Å². The van der Waals surface area contributed by atoms with Crippen molar-refractivity contribution < 1.29 is 23.8 Å². The standard InChI is InChI=1S/C15H13ClO5/c1-9-7-13(21-14(9)17)20-8-12(15(18)19-2)10-3-5-11(16)6-4-10/h3-8,13H,1-2H3/b12-8+. The van der Waals surface area contributed by atoms with Crippen LogP contribution in [0.3, 0.4) is 0 Å². The highest BCUT2D eigenvalue weighted by atomic mass is 35.5. The topological polar surface area (TPSA) is 61.8 Å². The Bertz CT molecular complexity index is 615. The molecule has 6 heteroatoms. The number of carbonyl (C=O) groups excluding carboxylic acids is 2. The van der Waals surface area contributed by atoms with Crippen molar-refractivity contribution in [3.05, 3.63) is 52.8 Å². The van der Waals surface area contributed by atoms with E-state index in [1.165, 1.54) is 19.4 Å². The molecule has 1 unspecified atom stereocenters. The molecule has 0 aliphatic carbocycles. The summed E-state index contributed by atoms with van der Waals surface area (Å²) in [7, 11) is 1.27. The molecule has 110 valence electrons. The molecule has 5 nitrogen and oxygen atoms in total. The van der Waals surface area contributed by atoms with Crippen LogP contribution in [0.15, 0.2) is 42.2 Å². The zero-order valence-corrected chi connectivity index (χ0v) is 12.2. The molecule has 1 aromatic rings. The number of cyclic esters (lactones) is 1. The molecule has 0 bridgehead atoms. The zero-order chi connectivity index (χ0) is 15.4. The second-order valence-corrected chi connectivity index (χ2v) is 4.73. The smallest absolute Gasteiger partial charge is 0.341 e. The van der Waals surface area contributed by atoms with E-state index >= 15 is 0 Å². The van der Waals surface area contributed by atoms with Gasteiger partial charge in [0.15, 0.2) is 0 Å². The van der Waals surface area contributed by atoms with E-state index < -0.39 is 18.2 Å². The van der Waals surface area contributed by atoms with Gasteiger partial charge in [-0.15, -0.1) is 0 Å². The van der Waals surface area contributed by atoms with Crippen LogP contribution < -0.4 is 0 Å². The third kappa shape index (κ3) is 3.64. The maximum atomic E-state index is 11.8. The summed E-state index contributed by atoms with van der Waals surface area (Å²) >= 11 is 5.81. The van der Waals surface area contributed by atoms with E-state index in [0.717, 1.165) is 0 Å². The molecular weight excluding hydrogens is 296 g/mol. The summed E-state index contributed by atoms with van der Waals surface area (Å²) in [4.78, 5) is 23.0. The molecule has 0 radical (unpaired) electrons. The molecule has 1 aliphatic heterocycles. The third-order valence-corrected chi connectivity index (χ3v) is 3.06. The number of ether oxygens (including phenoxy) is 3. The van der Waals surface area contributed by atoms with E-state index in [2.05, 4.69) is 0 Å². The number of esters is 2. The lowest BCUT2D eigenvalue weighted by Gasteiger charge is -2.10. The minimum atomic E-state index is -0.843. The van der Waals surface area contributed by atoms with Crippen LogP contribution in [-0.4, -0.2) is 25.3 Å². The van der Waals surface area contributed by atoms with Crippen molar-refractivity contribution in [3.63, 3.8) is 0 Å². The molecule has 21 heavy (non-hydrogen) atoms. The Morgan fingerprint density at radius 2 is 2.00 bits per heavy atom. The third-order valence-electron chi connectivity index (χ3n) is 2.81. The van der Waals surface area contributed by atoms with Crippen LogP contribution in [0.2, 0.25) is 5.02 Å². The summed E-state index contributed by atoms with van der Waals surface area (Å²) in [6.45, 7) is 1.62. The second kappa shape index (κ2) is 6.45. The van der Waals surface area contributed by atoms with Gasteiger partial charge in [0.1, 0.15) is 11.8 Å². The van der Waals surface area contributed by atoms with Crippen molar-refractivity contribution in [2.75, 3.05) is 7.11 Å². The van der Waals surface area contributed by atoms with Crippen molar-refractivity contribution in [3.8, 4) is 0 Å². The molecular formula is C15H13ClO5. The summed E-state index contributed by atoms with van der Waals surface area (Å²) < 4.78 is 14.9. The lowest BCUT2D eigenvalue weighted by molar-refractivity contribution is -0.152. The highest BCUT2D eigenvalue weighted by molar-refractivity contribution is 6.30. The van der Waals surface area contributed by atoms with Gasteiger partial charge in [0.25, 0.3) is 6.29 Å². The molecule has 0 saturated carbocycles. The quantitative estimate of drug-likeness (QED) is 0.486. The average molecular weight is 309 g/mol. The van der Waals surface area contributed by atoms with Gasteiger partial charge in [-0.1, -0.05) is 23.7 Å². The number of rotatable bonds is 4. The van der Waals surface area contributed by atoms with Crippen LogP contribution in [0.25, 0.3) is 5.57 Å². The predicted octanol–water partition coefficient (Wildman–Crippen LogP) is 2.70. The first-order valence-electron chi connectivity index (χ1n) is 6.10. The first-order valence-corrected chi connectivity index (χ1v) is 6.48. The summed E-state index contributed by atoms with van der Waals surface area (Å²) in [6, 6.07) is 6.62. The number of benzene rings is 1. The normalized spacial score (nSPS) is 18.0. The Morgan fingerprint density at radius 1 is 1.33 bits per heavy atom. The molecule has 2 rings (SSSR count). The molecule has 1 aliphatic rings. The van der Waals surface area contributed by atoms with Crippen molar-refractivity contribution >= 4 is 29.1 Å². The summed E-state index contributed by atoms with van der Waals surface area (Å²) in [5.74, 6) is -1.01. The van der Waals surface area contributed by atoms with Gasteiger partial charge in [-0.3, -0.25) is 0 Å². The van der Waals surface area contributed by atoms with E-state index in [0.29, 0.717) is 16.2 Å². The molecule has 0 aromatic heterocycles. The Morgan fingerprint density at radius 3 is 2.52 bits per heavy atom. The van der Waals surface area contributed by atoms with Crippen LogP contribution in [0.1, 0.15) is 12.5 Å². The van der Waals surface area contributed by atoms with Crippen molar-refractivity contribution in [1.29, 1.82) is 0 Å². The first kappa shape index (κ1) is 15.1. The SMILES string of the molecule is COC(=O)/C(=C/OC1C=C(C)C(=O)O1)c1ccc(Cl)cc1. The van der Waals surface area contributed by atoms with E-state index in [-0.39, 0.29) is 5.57 Å². The van der Waals surface area contributed by atoms with E-state index in [4.69, 9.17) is 25.8 Å². The fourth-order valence-electron chi connectivity index (χ4n) is 1.68. The maximum absolute atomic E-state index is 11.8. The van der Waals surface area contributed by atoms with Crippen LogP contribution in [0.4, 0.5) is 0 Å². The van der Waals surface area contributed by atoms with Gasteiger partial charge in [0.05, 0.1) is 7.11 Å². The Labute approximate surface area is 126 Å². The summed E-state index contributed by atoms with van der Waals surface area (Å²) in [5.41, 5.74) is 1.24. The first-order chi connectivity index (χ1) is 10.0. The van der Waals surface area contributed by atoms with Crippen LogP contribution in [0, 0.1) is 0 Å². The minimum Gasteiger partial charge on any atom is -0.465 e. The number of halogens is 1. The van der Waals surface area contributed by atoms with Gasteiger partial charge in [0.2, 0.25) is 0 Å². The number of carbonyl (C=O) groups is 2. The van der Waals surface area contributed by atoms with E-state index in [1.54, 1.807) is 31.2 Å². The van der Waals surface area contributed by atoms with Gasteiger partial charge in [-0.2, -0.15) is 0 Å². The molecule has 0 spiro atoms. The van der Waals surface area contributed by atoms with Gasteiger partial charge < -0.3 is 14.2 Å². The van der Waals surface area contributed by atoms with Gasteiger partial charge in [-0.25, -0.2) is 9.59 Å². The Kier molecular flexibility index (Phi) is 4.65. The lowest BCUT2D eigenvalue weighted by atomic mass is 10.1. The Balaban J connectivity index is 2.20. The second-order valence-electron chi connectivity index (χ2n) is 4.29. The fourth-order valence-corrected chi connectivity index (χ4v) is 1.81. The highest BCUT2D eigenvalue weighted by Gasteiger charge is 2.23. The largest absolute Gasteiger partial charge is 0.465 e. The monoisotopic (exact) mass is 308 g/mol. The van der Waals surface area contributed by atoms with E-state index in [9.17, 15) is 9.59 Å². The summed E-state index contributed by atoms with van der Waals surface area (Å²) in [5, 5.41) is 0.548. The van der Waals surface area contributed by atoms with Crippen molar-refractivity contribution in [2.45, 2.75) is 13.2 Å². The molecule has 1 heterocycles. The molecule has 0 saturated heterocycles. The summed E-state index contributed by atoms with van der Waals surface area (Å²) in [6.07, 6.45) is 1.89. The molecule has 1 atom stereocenters.